The smallest absolute Gasteiger partial charge is 0.352 e. The van der Waals surface area contributed by atoms with Gasteiger partial charge in [0.15, 0.2) is 0 Å². The van der Waals surface area contributed by atoms with E-state index in [2.05, 4.69) is 17.9 Å². The topological polar surface area (TPSA) is 127 Å². The van der Waals surface area contributed by atoms with Crippen molar-refractivity contribution in [2.24, 2.45) is 0 Å². The van der Waals surface area contributed by atoms with Crippen molar-refractivity contribution in [1.82, 2.24) is 5.32 Å². The van der Waals surface area contributed by atoms with Crippen LogP contribution in [0.5, 0.6) is 0 Å². The van der Waals surface area contributed by atoms with E-state index in [-0.39, 0.29) is 5.57 Å². The Morgan fingerprint density at radius 3 is 2.28 bits per heavy atom. The van der Waals surface area contributed by atoms with E-state index in [1.165, 1.54) is 12.2 Å². The molecule has 0 spiro atoms. The summed E-state index contributed by atoms with van der Waals surface area (Å²) < 4.78 is 23.2. The van der Waals surface area contributed by atoms with Crippen molar-refractivity contribution < 1.29 is 28.7 Å². The van der Waals surface area contributed by atoms with E-state index in [4.69, 9.17) is 0 Å². The van der Waals surface area contributed by atoms with E-state index in [1.807, 2.05) is 0 Å². The average Bonchev–Trinajstić information content (AvgIpc) is 2.54. The van der Waals surface area contributed by atoms with Crippen LogP contribution >= 0.6 is 27.8 Å². The summed E-state index contributed by atoms with van der Waals surface area (Å²) >= 11 is 4.04. The Labute approximate surface area is 108 Å². The molecule has 1 heterocycles. The Balaban J connectivity index is 2.74. The molecule has 0 bridgehead atoms. The third-order valence-corrected chi connectivity index (χ3v) is 7.23. The predicted octanol–water partition coefficient (Wildman–Crippen LogP) is 0.279. The Morgan fingerprint density at radius 1 is 1.22 bits per heavy atom. The summed E-state index contributed by atoms with van der Waals surface area (Å²) in [6, 6.07) is 0. The highest BCUT2D eigenvalue weighted by molar-refractivity contribution is 7.84. The second-order valence-corrected chi connectivity index (χ2v) is 8.48. The van der Waals surface area contributed by atoms with Crippen LogP contribution in [0.25, 0.3) is 0 Å². The molecule has 0 unspecified atom stereocenters. The molecule has 0 aromatic rings. The van der Waals surface area contributed by atoms with Crippen LogP contribution in [0.2, 0.25) is 0 Å². The molecule has 100 valence electrons. The molecular formula is C8H11NO6P2S. The van der Waals surface area contributed by atoms with E-state index >= 15 is 0 Å². The second-order valence-electron chi connectivity index (χ2n) is 3.96. The molecule has 1 aliphatic carbocycles. The normalized spacial score (nSPS) is 22.6. The van der Waals surface area contributed by atoms with Gasteiger partial charge in [0.05, 0.1) is 0 Å². The maximum atomic E-state index is 11.6. The molecule has 18 heavy (non-hydrogen) atoms. The lowest BCUT2D eigenvalue weighted by molar-refractivity contribution is 0.331. The molecule has 0 atom stereocenters. The van der Waals surface area contributed by atoms with Gasteiger partial charge in [-0.05, 0) is 18.2 Å². The van der Waals surface area contributed by atoms with Crippen molar-refractivity contribution in [2.75, 3.05) is 6.54 Å². The third-order valence-electron chi connectivity index (χ3n) is 2.83. The fourth-order valence-corrected chi connectivity index (χ4v) is 5.10. The van der Waals surface area contributed by atoms with Crippen LogP contribution in [-0.2, 0) is 9.13 Å². The van der Waals surface area contributed by atoms with Gasteiger partial charge >= 0.3 is 15.2 Å². The number of nitrogens with one attached hydrogen (secondary N) is 1. The summed E-state index contributed by atoms with van der Waals surface area (Å²) in [7, 11) is -10.2. The van der Waals surface area contributed by atoms with Gasteiger partial charge in [0, 0.05) is 22.7 Å². The molecule has 2 aliphatic rings. The van der Waals surface area contributed by atoms with Crippen LogP contribution in [0, 0.1) is 0 Å². The van der Waals surface area contributed by atoms with Gasteiger partial charge in [-0.1, -0.05) is 0 Å². The Morgan fingerprint density at radius 2 is 1.78 bits per heavy atom. The SMILES string of the molecule is O=P(O)(O)C1(P(=O)(O)O)C=CC2=C1C=C(S)CN2. The number of hydrogen-bond donors (Lipinski definition) is 6. The van der Waals surface area contributed by atoms with E-state index in [0.717, 1.165) is 6.08 Å². The molecular weight excluding hydrogens is 300 g/mol. The third kappa shape index (κ3) is 1.85. The fourth-order valence-electron chi connectivity index (χ4n) is 2.00. The van der Waals surface area contributed by atoms with Gasteiger partial charge < -0.3 is 24.9 Å². The van der Waals surface area contributed by atoms with E-state index in [1.54, 1.807) is 0 Å². The van der Waals surface area contributed by atoms with Gasteiger partial charge in [0.1, 0.15) is 0 Å². The highest BCUT2D eigenvalue weighted by Gasteiger charge is 2.63. The largest absolute Gasteiger partial charge is 0.380 e. The molecule has 10 heteroatoms. The number of hydrogen-bond acceptors (Lipinski definition) is 4. The lowest BCUT2D eigenvalue weighted by Gasteiger charge is -2.32. The first-order valence-electron chi connectivity index (χ1n) is 4.78. The van der Waals surface area contributed by atoms with E-state index in [0.29, 0.717) is 17.1 Å². The molecule has 5 N–H and O–H groups in total. The standard InChI is InChI=1S/C8H11NO6P2S/c10-16(11,12)8(17(13,14)15)2-1-7-6(8)3-5(18)4-9-7/h1-3,9,18H,4H2,(H2,10,11,12)(H2,13,14,15). The highest BCUT2D eigenvalue weighted by Crippen LogP contribution is 2.74. The summed E-state index contributed by atoms with van der Waals surface area (Å²) in [4.78, 5) is 35.3. The summed E-state index contributed by atoms with van der Waals surface area (Å²) in [6.45, 7) is 0.338. The van der Waals surface area contributed by atoms with Crippen molar-refractivity contribution in [1.29, 1.82) is 0 Å². The van der Waals surface area contributed by atoms with Crippen LogP contribution in [0.4, 0.5) is 0 Å². The fraction of sp³-hybridized carbons (Fsp3) is 0.250. The van der Waals surface area contributed by atoms with Crippen molar-refractivity contribution in [2.45, 2.75) is 4.90 Å². The van der Waals surface area contributed by atoms with Gasteiger partial charge in [0.25, 0.3) is 0 Å². The Hall–Kier alpha value is -0.330. The molecule has 2 rings (SSSR count). The monoisotopic (exact) mass is 311 g/mol. The molecule has 0 radical (unpaired) electrons. The molecule has 0 saturated carbocycles. The zero-order valence-electron chi connectivity index (χ0n) is 8.89. The maximum Gasteiger partial charge on any atom is 0.352 e. The quantitative estimate of drug-likeness (QED) is 0.319. The minimum atomic E-state index is -5.11. The van der Waals surface area contributed by atoms with Gasteiger partial charge in [0.2, 0.25) is 4.90 Å². The van der Waals surface area contributed by atoms with Crippen molar-refractivity contribution in [3.05, 3.63) is 34.4 Å². The molecule has 0 aromatic carbocycles. The van der Waals surface area contributed by atoms with Crippen LogP contribution in [0.3, 0.4) is 0 Å². The van der Waals surface area contributed by atoms with E-state index in [9.17, 15) is 28.7 Å². The Kier molecular flexibility index (Phi) is 3.19. The summed E-state index contributed by atoms with van der Waals surface area (Å²) in [5, 5.41) is 2.79. The lowest BCUT2D eigenvalue weighted by Crippen LogP contribution is -2.30. The molecule has 1 aliphatic heterocycles. The summed E-state index contributed by atoms with van der Waals surface area (Å²) in [6.07, 6.45) is 3.42. The van der Waals surface area contributed by atoms with Crippen molar-refractivity contribution in [3.8, 4) is 0 Å². The maximum absolute atomic E-state index is 11.6. The number of dihydropyridines is 1. The first-order chi connectivity index (χ1) is 8.09. The van der Waals surface area contributed by atoms with Crippen molar-refractivity contribution >= 4 is 27.8 Å². The minimum Gasteiger partial charge on any atom is -0.380 e. The van der Waals surface area contributed by atoms with Crippen LogP contribution in [0.15, 0.2) is 34.4 Å². The number of rotatable bonds is 2. The van der Waals surface area contributed by atoms with Gasteiger partial charge in [-0.25, -0.2) is 0 Å². The first-order valence-corrected chi connectivity index (χ1v) is 8.45. The molecule has 0 aromatic heterocycles. The number of thiol groups is 1. The summed E-state index contributed by atoms with van der Waals surface area (Å²) in [5.41, 5.74) is 0.167. The van der Waals surface area contributed by atoms with E-state index < -0.39 is 20.1 Å². The molecule has 7 nitrogen and oxygen atoms in total. The highest BCUT2D eigenvalue weighted by atomic mass is 32.1. The Bertz CT molecular complexity index is 560. The molecule has 0 saturated heterocycles. The zero-order valence-corrected chi connectivity index (χ0v) is 11.6. The first kappa shape index (κ1) is 14.1. The van der Waals surface area contributed by atoms with Crippen LogP contribution < -0.4 is 5.32 Å². The van der Waals surface area contributed by atoms with Crippen LogP contribution in [-0.4, -0.2) is 31.0 Å². The zero-order chi connectivity index (χ0) is 13.8. The lowest BCUT2D eigenvalue weighted by atomic mass is 10.1. The van der Waals surface area contributed by atoms with Crippen LogP contribution in [0.1, 0.15) is 0 Å². The van der Waals surface area contributed by atoms with Crippen molar-refractivity contribution in [3.63, 3.8) is 0 Å². The minimum absolute atomic E-state index is 0.125. The van der Waals surface area contributed by atoms with Gasteiger partial charge in [-0.2, -0.15) is 0 Å². The molecule has 0 fully saturated rings. The summed E-state index contributed by atoms with van der Waals surface area (Å²) in [5.74, 6) is 0. The van der Waals surface area contributed by atoms with Gasteiger partial charge in [-0.15, -0.1) is 12.6 Å². The molecule has 0 amide bonds. The number of allylic oxidation sites excluding steroid dienone is 4. The second kappa shape index (κ2) is 4.08. The predicted molar refractivity (Wildman–Crippen MR) is 68.1 cm³/mol. The van der Waals surface area contributed by atoms with Gasteiger partial charge in [-0.3, -0.25) is 9.13 Å². The average molecular weight is 311 g/mol.